The van der Waals surface area contributed by atoms with Gasteiger partial charge < -0.3 is 9.84 Å². The van der Waals surface area contributed by atoms with Gasteiger partial charge in [0.25, 0.3) is 0 Å². The van der Waals surface area contributed by atoms with Crippen molar-refractivity contribution >= 4 is 11.8 Å². The monoisotopic (exact) mass is 299 g/mol. The van der Waals surface area contributed by atoms with Crippen molar-refractivity contribution in [3.63, 3.8) is 0 Å². The van der Waals surface area contributed by atoms with Crippen LogP contribution in [0.4, 0.5) is 0 Å². The summed E-state index contributed by atoms with van der Waals surface area (Å²) < 4.78 is 6.23. The summed E-state index contributed by atoms with van der Waals surface area (Å²) in [4.78, 5) is 2.73. The van der Waals surface area contributed by atoms with E-state index in [0.717, 1.165) is 25.6 Å². The van der Waals surface area contributed by atoms with Gasteiger partial charge in [-0.3, -0.25) is 4.90 Å². The summed E-state index contributed by atoms with van der Waals surface area (Å²) in [6.45, 7) is 2.35. The Bertz CT molecular complexity index is 297. The highest BCUT2D eigenvalue weighted by Crippen LogP contribution is 2.40. The van der Waals surface area contributed by atoms with Gasteiger partial charge in [-0.05, 0) is 56.5 Å². The molecule has 2 aliphatic heterocycles. The van der Waals surface area contributed by atoms with Crippen LogP contribution in [0, 0.1) is 0 Å². The van der Waals surface area contributed by atoms with Gasteiger partial charge in [0.1, 0.15) is 0 Å². The SMILES string of the molecule is OCCCN(C1CCC1)C1CCOC2(CCSCC2)C1. The maximum absolute atomic E-state index is 9.17. The van der Waals surface area contributed by atoms with E-state index in [0.29, 0.717) is 12.6 Å². The van der Waals surface area contributed by atoms with Crippen LogP contribution in [0.1, 0.15) is 51.4 Å². The summed E-state index contributed by atoms with van der Waals surface area (Å²) in [6.07, 6.45) is 9.96. The molecule has 1 aliphatic carbocycles. The van der Waals surface area contributed by atoms with Gasteiger partial charge in [0.2, 0.25) is 0 Å². The molecule has 20 heavy (non-hydrogen) atoms. The minimum Gasteiger partial charge on any atom is -0.396 e. The lowest BCUT2D eigenvalue weighted by molar-refractivity contribution is -0.119. The molecule has 1 unspecified atom stereocenters. The summed E-state index contributed by atoms with van der Waals surface area (Å²) in [6, 6.07) is 1.49. The minimum absolute atomic E-state index is 0.190. The van der Waals surface area contributed by atoms with E-state index in [-0.39, 0.29) is 5.60 Å². The summed E-state index contributed by atoms with van der Waals surface area (Å²) in [7, 11) is 0. The number of thioether (sulfide) groups is 1. The molecule has 3 aliphatic rings. The van der Waals surface area contributed by atoms with E-state index in [2.05, 4.69) is 16.7 Å². The van der Waals surface area contributed by atoms with Crippen molar-refractivity contribution < 1.29 is 9.84 Å². The lowest BCUT2D eigenvalue weighted by Gasteiger charge is -2.50. The van der Waals surface area contributed by atoms with E-state index >= 15 is 0 Å². The summed E-state index contributed by atoms with van der Waals surface area (Å²) in [5, 5.41) is 9.17. The Hall–Kier alpha value is 0.230. The van der Waals surface area contributed by atoms with Crippen LogP contribution in [-0.4, -0.2) is 59.0 Å². The summed E-state index contributed by atoms with van der Waals surface area (Å²) >= 11 is 2.08. The van der Waals surface area contributed by atoms with Crippen LogP contribution in [0.15, 0.2) is 0 Å². The lowest BCUT2D eigenvalue weighted by atomic mass is 9.82. The van der Waals surface area contributed by atoms with E-state index in [1.165, 1.54) is 56.5 Å². The third kappa shape index (κ3) is 3.34. The first-order valence-electron chi connectivity index (χ1n) is 8.41. The molecule has 1 N–H and O–H groups in total. The minimum atomic E-state index is 0.190. The van der Waals surface area contributed by atoms with Crippen molar-refractivity contribution in [1.29, 1.82) is 0 Å². The van der Waals surface area contributed by atoms with Crippen molar-refractivity contribution in [2.24, 2.45) is 0 Å². The van der Waals surface area contributed by atoms with E-state index < -0.39 is 0 Å². The number of aliphatic hydroxyl groups excluding tert-OH is 1. The number of nitrogens with zero attached hydrogens (tertiary/aromatic N) is 1. The molecule has 3 fully saturated rings. The topological polar surface area (TPSA) is 32.7 Å². The normalized spacial score (nSPS) is 30.6. The van der Waals surface area contributed by atoms with Crippen molar-refractivity contribution in [3.05, 3.63) is 0 Å². The Morgan fingerprint density at radius 3 is 2.60 bits per heavy atom. The third-order valence-electron chi connectivity index (χ3n) is 5.46. The quantitative estimate of drug-likeness (QED) is 0.846. The third-order valence-corrected chi connectivity index (χ3v) is 6.44. The van der Waals surface area contributed by atoms with Crippen LogP contribution in [0.5, 0.6) is 0 Å². The average Bonchev–Trinajstić information content (AvgIpc) is 2.42. The van der Waals surface area contributed by atoms with Crippen LogP contribution in [0.3, 0.4) is 0 Å². The van der Waals surface area contributed by atoms with Gasteiger partial charge in [-0.25, -0.2) is 0 Å². The lowest BCUT2D eigenvalue weighted by Crippen LogP contribution is -2.54. The van der Waals surface area contributed by atoms with Gasteiger partial charge in [-0.2, -0.15) is 11.8 Å². The predicted molar refractivity (Wildman–Crippen MR) is 84.3 cm³/mol. The second kappa shape index (κ2) is 6.99. The number of rotatable bonds is 5. The number of hydrogen-bond donors (Lipinski definition) is 1. The van der Waals surface area contributed by atoms with Crippen LogP contribution in [0.25, 0.3) is 0 Å². The fourth-order valence-electron chi connectivity index (χ4n) is 4.01. The summed E-state index contributed by atoms with van der Waals surface area (Å²) in [5.41, 5.74) is 0.190. The van der Waals surface area contributed by atoms with Gasteiger partial charge in [0.05, 0.1) is 5.60 Å². The van der Waals surface area contributed by atoms with Crippen LogP contribution < -0.4 is 0 Å². The zero-order valence-corrected chi connectivity index (χ0v) is 13.4. The van der Waals surface area contributed by atoms with Crippen LogP contribution >= 0.6 is 11.8 Å². The molecule has 1 saturated carbocycles. The molecule has 0 aromatic heterocycles. The van der Waals surface area contributed by atoms with Crippen LogP contribution in [0.2, 0.25) is 0 Å². The van der Waals surface area contributed by atoms with Crippen molar-refractivity contribution in [2.45, 2.75) is 69.1 Å². The van der Waals surface area contributed by atoms with Gasteiger partial charge in [0, 0.05) is 31.8 Å². The molecule has 2 heterocycles. The fraction of sp³-hybridized carbons (Fsp3) is 1.00. The highest BCUT2D eigenvalue weighted by atomic mass is 32.2. The van der Waals surface area contributed by atoms with Gasteiger partial charge in [0.15, 0.2) is 0 Å². The maximum atomic E-state index is 9.17. The molecule has 1 spiro atoms. The predicted octanol–water partition coefficient (Wildman–Crippen LogP) is 2.67. The van der Waals surface area contributed by atoms with Crippen molar-refractivity contribution in [2.75, 3.05) is 31.3 Å². The highest BCUT2D eigenvalue weighted by molar-refractivity contribution is 7.99. The Labute approximate surface area is 127 Å². The zero-order chi connectivity index (χ0) is 13.8. The smallest absolute Gasteiger partial charge is 0.0713 e. The number of aliphatic hydroxyl groups is 1. The van der Waals surface area contributed by atoms with E-state index in [1.807, 2.05) is 0 Å². The molecule has 3 nitrogen and oxygen atoms in total. The molecular formula is C16H29NO2S. The number of ether oxygens (including phenoxy) is 1. The summed E-state index contributed by atoms with van der Waals surface area (Å²) in [5.74, 6) is 2.54. The molecule has 0 radical (unpaired) electrons. The molecule has 116 valence electrons. The Morgan fingerprint density at radius 2 is 1.95 bits per heavy atom. The molecule has 4 heteroatoms. The molecule has 1 atom stereocenters. The van der Waals surface area contributed by atoms with Gasteiger partial charge in [-0.15, -0.1) is 0 Å². The fourth-order valence-corrected chi connectivity index (χ4v) is 5.25. The molecule has 0 aromatic rings. The molecule has 2 saturated heterocycles. The van der Waals surface area contributed by atoms with Gasteiger partial charge >= 0.3 is 0 Å². The average molecular weight is 299 g/mol. The standard InChI is InChI=1S/C16H29NO2S/c18-9-2-8-17(14-3-1-4-14)15-5-10-19-16(13-15)6-11-20-12-7-16/h14-15,18H,1-13H2. The van der Waals surface area contributed by atoms with Crippen molar-refractivity contribution in [3.8, 4) is 0 Å². The maximum Gasteiger partial charge on any atom is 0.0713 e. The zero-order valence-electron chi connectivity index (χ0n) is 12.6. The second-order valence-corrected chi connectivity index (χ2v) is 7.91. The Morgan fingerprint density at radius 1 is 1.15 bits per heavy atom. The number of hydrogen-bond acceptors (Lipinski definition) is 4. The van der Waals surface area contributed by atoms with E-state index in [1.54, 1.807) is 0 Å². The van der Waals surface area contributed by atoms with Gasteiger partial charge in [-0.1, -0.05) is 6.42 Å². The molecular weight excluding hydrogens is 270 g/mol. The molecule has 0 aromatic carbocycles. The van der Waals surface area contributed by atoms with Crippen LogP contribution in [-0.2, 0) is 4.74 Å². The highest BCUT2D eigenvalue weighted by Gasteiger charge is 2.42. The first-order chi connectivity index (χ1) is 9.83. The van der Waals surface area contributed by atoms with E-state index in [4.69, 9.17) is 4.74 Å². The first-order valence-corrected chi connectivity index (χ1v) is 9.57. The Balaban J connectivity index is 1.63. The first kappa shape index (κ1) is 15.1. The molecule has 0 amide bonds. The van der Waals surface area contributed by atoms with E-state index in [9.17, 15) is 5.11 Å². The largest absolute Gasteiger partial charge is 0.396 e. The molecule has 0 bridgehead atoms. The Kier molecular flexibility index (Phi) is 5.29. The molecule has 3 rings (SSSR count). The second-order valence-electron chi connectivity index (χ2n) is 6.69. The van der Waals surface area contributed by atoms with Crippen molar-refractivity contribution in [1.82, 2.24) is 4.90 Å².